The Morgan fingerprint density at radius 2 is 2.35 bits per heavy atom. The van der Waals surface area contributed by atoms with E-state index in [0.717, 1.165) is 10.6 Å². The molecule has 0 atom stereocenters. The molecule has 0 bridgehead atoms. The summed E-state index contributed by atoms with van der Waals surface area (Å²) < 4.78 is 4.95. The molecule has 0 saturated heterocycles. The van der Waals surface area contributed by atoms with E-state index in [0.29, 0.717) is 17.9 Å². The quantitative estimate of drug-likeness (QED) is 0.669. The molecule has 0 aliphatic carbocycles. The Bertz CT molecular complexity index is 523. The SMILES string of the molecule is CCOC(=O)c1cc(-c2nccs2)ccc1N. The molecule has 0 aliphatic rings. The molecule has 17 heavy (non-hydrogen) atoms. The summed E-state index contributed by atoms with van der Waals surface area (Å²) in [6.45, 7) is 2.10. The maximum Gasteiger partial charge on any atom is 0.340 e. The zero-order valence-corrected chi connectivity index (χ0v) is 10.2. The van der Waals surface area contributed by atoms with Gasteiger partial charge in [-0.05, 0) is 25.1 Å². The Morgan fingerprint density at radius 3 is 3.00 bits per heavy atom. The van der Waals surface area contributed by atoms with E-state index in [-0.39, 0.29) is 0 Å². The maximum absolute atomic E-state index is 11.7. The van der Waals surface area contributed by atoms with Gasteiger partial charge in [0.1, 0.15) is 5.01 Å². The first-order chi connectivity index (χ1) is 8.22. The first-order valence-electron chi connectivity index (χ1n) is 5.19. The molecule has 0 spiro atoms. The minimum Gasteiger partial charge on any atom is -0.462 e. The number of carbonyl (C=O) groups is 1. The molecule has 88 valence electrons. The molecule has 0 saturated carbocycles. The second kappa shape index (κ2) is 4.97. The number of nitrogen functional groups attached to an aromatic ring is 1. The van der Waals surface area contributed by atoms with Gasteiger partial charge < -0.3 is 10.5 Å². The highest BCUT2D eigenvalue weighted by Gasteiger charge is 2.12. The lowest BCUT2D eigenvalue weighted by atomic mass is 10.1. The second-order valence-electron chi connectivity index (χ2n) is 3.36. The molecule has 2 N–H and O–H groups in total. The standard InChI is InChI=1S/C12H12N2O2S/c1-2-16-12(15)9-7-8(3-4-10(9)13)11-14-5-6-17-11/h3-7H,2,13H2,1H3. The van der Waals surface area contributed by atoms with Crippen molar-refractivity contribution in [3.8, 4) is 10.6 Å². The van der Waals surface area contributed by atoms with Crippen molar-refractivity contribution in [1.29, 1.82) is 0 Å². The van der Waals surface area contributed by atoms with Crippen molar-refractivity contribution in [1.82, 2.24) is 4.98 Å². The smallest absolute Gasteiger partial charge is 0.340 e. The average Bonchev–Trinajstić information content (AvgIpc) is 2.83. The van der Waals surface area contributed by atoms with Crippen LogP contribution in [0.5, 0.6) is 0 Å². The monoisotopic (exact) mass is 248 g/mol. The number of carbonyl (C=O) groups excluding carboxylic acids is 1. The van der Waals surface area contributed by atoms with Gasteiger partial charge in [-0.2, -0.15) is 0 Å². The molecule has 5 heteroatoms. The lowest BCUT2D eigenvalue weighted by molar-refractivity contribution is 0.0527. The number of nitrogens with two attached hydrogens (primary N) is 1. The van der Waals surface area contributed by atoms with Crippen molar-refractivity contribution in [2.45, 2.75) is 6.92 Å². The van der Waals surface area contributed by atoms with Crippen LogP contribution in [-0.4, -0.2) is 17.6 Å². The van der Waals surface area contributed by atoms with Crippen LogP contribution >= 0.6 is 11.3 Å². The average molecular weight is 248 g/mol. The Kier molecular flexibility index (Phi) is 3.39. The summed E-state index contributed by atoms with van der Waals surface area (Å²) >= 11 is 1.51. The molecule has 1 aromatic carbocycles. The van der Waals surface area contributed by atoms with E-state index < -0.39 is 5.97 Å². The van der Waals surface area contributed by atoms with Crippen LogP contribution in [0.3, 0.4) is 0 Å². The van der Waals surface area contributed by atoms with Crippen LogP contribution in [0.1, 0.15) is 17.3 Å². The summed E-state index contributed by atoms with van der Waals surface area (Å²) in [7, 11) is 0. The third kappa shape index (κ3) is 2.45. The molecule has 1 aromatic heterocycles. The molecular weight excluding hydrogens is 236 g/mol. The first kappa shape index (κ1) is 11.6. The number of nitrogens with zero attached hydrogens (tertiary/aromatic N) is 1. The predicted molar refractivity (Wildman–Crippen MR) is 67.9 cm³/mol. The number of hydrogen-bond donors (Lipinski definition) is 1. The molecule has 0 fully saturated rings. The van der Waals surface area contributed by atoms with Crippen molar-refractivity contribution >= 4 is 23.0 Å². The van der Waals surface area contributed by atoms with E-state index in [1.165, 1.54) is 11.3 Å². The van der Waals surface area contributed by atoms with Gasteiger partial charge in [-0.3, -0.25) is 0 Å². The summed E-state index contributed by atoms with van der Waals surface area (Å²) in [5.74, 6) is -0.400. The Morgan fingerprint density at radius 1 is 1.53 bits per heavy atom. The Labute approximate surface area is 103 Å². The van der Waals surface area contributed by atoms with Crippen molar-refractivity contribution in [3.05, 3.63) is 35.3 Å². The van der Waals surface area contributed by atoms with E-state index in [2.05, 4.69) is 4.98 Å². The van der Waals surface area contributed by atoms with Gasteiger partial charge in [0, 0.05) is 22.8 Å². The van der Waals surface area contributed by atoms with Crippen LogP contribution in [0.25, 0.3) is 10.6 Å². The van der Waals surface area contributed by atoms with Crippen LogP contribution in [0.2, 0.25) is 0 Å². The number of thiazole rings is 1. The summed E-state index contributed by atoms with van der Waals surface area (Å²) in [5, 5.41) is 2.74. The fourth-order valence-corrected chi connectivity index (χ4v) is 2.08. The van der Waals surface area contributed by atoms with E-state index in [1.807, 2.05) is 11.4 Å². The Hall–Kier alpha value is -1.88. The Balaban J connectivity index is 2.39. The molecular formula is C12H12N2O2S. The van der Waals surface area contributed by atoms with E-state index >= 15 is 0 Å². The highest BCUT2D eigenvalue weighted by atomic mass is 32.1. The van der Waals surface area contributed by atoms with Gasteiger partial charge >= 0.3 is 5.97 Å². The highest BCUT2D eigenvalue weighted by Crippen LogP contribution is 2.25. The number of benzene rings is 1. The van der Waals surface area contributed by atoms with Gasteiger partial charge in [0.15, 0.2) is 0 Å². The highest BCUT2D eigenvalue weighted by molar-refractivity contribution is 7.13. The minimum atomic E-state index is -0.400. The van der Waals surface area contributed by atoms with Crippen molar-refractivity contribution < 1.29 is 9.53 Å². The summed E-state index contributed by atoms with van der Waals surface area (Å²) in [5.41, 5.74) is 7.44. The first-order valence-corrected chi connectivity index (χ1v) is 6.07. The normalized spacial score (nSPS) is 10.2. The number of hydrogen-bond acceptors (Lipinski definition) is 5. The number of rotatable bonds is 3. The predicted octanol–water partition coefficient (Wildman–Crippen LogP) is 2.57. The zero-order chi connectivity index (χ0) is 12.3. The second-order valence-corrected chi connectivity index (χ2v) is 4.25. The van der Waals surface area contributed by atoms with Crippen molar-refractivity contribution in [3.63, 3.8) is 0 Å². The molecule has 0 unspecified atom stereocenters. The number of aromatic nitrogens is 1. The third-order valence-corrected chi connectivity index (χ3v) is 3.05. The summed E-state index contributed by atoms with van der Waals surface area (Å²) in [4.78, 5) is 15.9. The van der Waals surface area contributed by atoms with Crippen molar-refractivity contribution in [2.24, 2.45) is 0 Å². The number of anilines is 1. The summed E-state index contributed by atoms with van der Waals surface area (Å²) in [6, 6.07) is 5.26. The fourth-order valence-electron chi connectivity index (χ4n) is 1.44. The van der Waals surface area contributed by atoms with Crippen LogP contribution in [0.4, 0.5) is 5.69 Å². The number of ether oxygens (including phenoxy) is 1. The maximum atomic E-state index is 11.7. The van der Waals surface area contributed by atoms with E-state index in [4.69, 9.17) is 10.5 Å². The van der Waals surface area contributed by atoms with Gasteiger partial charge in [0.25, 0.3) is 0 Å². The number of esters is 1. The van der Waals surface area contributed by atoms with Gasteiger partial charge in [-0.1, -0.05) is 0 Å². The van der Waals surface area contributed by atoms with Gasteiger partial charge in [-0.25, -0.2) is 9.78 Å². The molecule has 0 radical (unpaired) electrons. The third-order valence-electron chi connectivity index (χ3n) is 2.23. The lowest BCUT2D eigenvalue weighted by Gasteiger charge is -2.06. The van der Waals surface area contributed by atoms with Gasteiger partial charge in [-0.15, -0.1) is 11.3 Å². The molecule has 4 nitrogen and oxygen atoms in total. The van der Waals surface area contributed by atoms with Crippen LogP contribution < -0.4 is 5.73 Å². The largest absolute Gasteiger partial charge is 0.462 e. The van der Waals surface area contributed by atoms with Crippen LogP contribution in [-0.2, 0) is 4.74 Å². The van der Waals surface area contributed by atoms with Crippen molar-refractivity contribution in [2.75, 3.05) is 12.3 Å². The van der Waals surface area contributed by atoms with E-state index in [9.17, 15) is 4.79 Å². The molecule has 0 amide bonds. The van der Waals surface area contributed by atoms with E-state index in [1.54, 1.807) is 25.3 Å². The molecule has 2 aromatic rings. The van der Waals surface area contributed by atoms with Gasteiger partial charge in [0.05, 0.1) is 12.2 Å². The van der Waals surface area contributed by atoms with Crippen LogP contribution in [0.15, 0.2) is 29.8 Å². The zero-order valence-electron chi connectivity index (χ0n) is 9.34. The lowest BCUT2D eigenvalue weighted by Crippen LogP contribution is -2.08. The molecule has 1 heterocycles. The molecule has 2 rings (SSSR count). The van der Waals surface area contributed by atoms with Crippen LogP contribution in [0, 0.1) is 0 Å². The van der Waals surface area contributed by atoms with Gasteiger partial charge in [0.2, 0.25) is 0 Å². The summed E-state index contributed by atoms with van der Waals surface area (Å²) in [6.07, 6.45) is 1.72. The molecule has 0 aliphatic heterocycles. The topological polar surface area (TPSA) is 65.2 Å². The fraction of sp³-hybridized carbons (Fsp3) is 0.167. The minimum absolute atomic E-state index is 0.333.